The molecule has 0 radical (unpaired) electrons. The van der Waals surface area contributed by atoms with Gasteiger partial charge in [-0.05, 0) is 42.8 Å². The van der Waals surface area contributed by atoms with Crippen LogP contribution in [0.2, 0.25) is 0 Å². The van der Waals surface area contributed by atoms with Crippen LogP contribution in [0.5, 0.6) is 5.75 Å². The number of oxazole rings is 1. The molecule has 1 amide bonds. The number of nitrogens with one attached hydrogen (secondary N) is 1. The molecule has 0 unspecified atom stereocenters. The summed E-state index contributed by atoms with van der Waals surface area (Å²) in [6, 6.07) is 9.76. The molecular weight excluding hydrogens is 337 g/mol. The normalized spacial score (nSPS) is 11.6. The molecule has 1 N–H and O–H groups in total. The molecule has 3 rings (SSSR count). The predicted octanol–water partition coefficient (Wildman–Crippen LogP) is 4.31. The fourth-order valence-corrected chi connectivity index (χ4v) is 2.35. The van der Waals surface area contributed by atoms with Crippen LogP contribution in [0.15, 0.2) is 40.8 Å². The molecule has 0 aliphatic carbocycles. The van der Waals surface area contributed by atoms with Gasteiger partial charge in [-0.15, -0.1) is 0 Å². The van der Waals surface area contributed by atoms with Crippen molar-refractivity contribution in [3.63, 3.8) is 0 Å². The Morgan fingerprint density at radius 2 is 2.00 bits per heavy atom. The highest BCUT2D eigenvalue weighted by Crippen LogP contribution is 2.31. The van der Waals surface area contributed by atoms with Gasteiger partial charge in [0.2, 0.25) is 5.89 Å². The number of amides is 1. The molecular formula is C17H13F3N2O3. The van der Waals surface area contributed by atoms with Crippen LogP contribution in [0.25, 0.3) is 22.6 Å². The van der Waals surface area contributed by atoms with Crippen LogP contribution in [0.4, 0.5) is 18.9 Å². The van der Waals surface area contributed by atoms with E-state index in [1.165, 1.54) is 19.2 Å². The van der Waals surface area contributed by atoms with Crippen molar-refractivity contribution in [3.05, 3.63) is 42.0 Å². The van der Waals surface area contributed by atoms with Crippen molar-refractivity contribution in [2.24, 2.45) is 0 Å². The summed E-state index contributed by atoms with van der Waals surface area (Å²) in [5, 5.41) is 1.82. The highest BCUT2D eigenvalue weighted by molar-refractivity contribution is 5.97. The van der Waals surface area contributed by atoms with Crippen molar-refractivity contribution < 1.29 is 27.1 Å². The van der Waals surface area contributed by atoms with Crippen LogP contribution in [-0.2, 0) is 4.79 Å². The molecule has 0 aliphatic rings. The molecule has 0 saturated carbocycles. The van der Waals surface area contributed by atoms with Gasteiger partial charge in [0.1, 0.15) is 11.3 Å². The molecule has 8 heteroatoms. The lowest BCUT2D eigenvalue weighted by molar-refractivity contribution is -0.167. The predicted molar refractivity (Wildman–Crippen MR) is 85.4 cm³/mol. The number of aryl methyl sites for hydroxylation is 1. The highest BCUT2D eigenvalue weighted by atomic mass is 19.4. The van der Waals surface area contributed by atoms with Crippen molar-refractivity contribution in [2.45, 2.75) is 13.1 Å². The van der Waals surface area contributed by atoms with Crippen LogP contribution in [-0.4, -0.2) is 24.2 Å². The Kier molecular flexibility index (Phi) is 4.12. The smallest absolute Gasteiger partial charge is 0.471 e. The molecule has 130 valence electrons. The fourth-order valence-electron chi connectivity index (χ4n) is 2.35. The number of aromatic nitrogens is 1. The fraction of sp³-hybridized carbons (Fsp3) is 0.176. The van der Waals surface area contributed by atoms with Crippen molar-refractivity contribution in [2.75, 3.05) is 12.4 Å². The third-order valence-electron chi connectivity index (χ3n) is 3.51. The van der Waals surface area contributed by atoms with E-state index in [1.807, 2.05) is 5.32 Å². The molecule has 0 saturated heterocycles. The minimum atomic E-state index is -4.96. The molecule has 1 heterocycles. The lowest BCUT2D eigenvalue weighted by Crippen LogP contribution is -2.29. The average Bonchev–Trinajstić information content (AvgIpc) is 2.98. The number of hydrogen-bond donors (Lipinski definition) is 1. The van der Waals surface area contributed by atoms with E-state index >= 15 is 0 Å². The summed E-state index contributed by atoms with van der Waals surface area (Å²) >= 11 is 0. The molecule has 1 aromatic heterocycles. The summed E-state index contributed by atoms with van der Waals surface area (Å²) in [7, 11) is 1.53. The summed E-state index contributed by atoms with van der Waals surface area (Å²) in [5.41, 5.74) is 1.99. The van der Waals surface area contributed by atoms with Crippen LogP contribution in [0.1, 0.15) is 5.56 Å². The monoisotopic (exact) mass is 350 g/mol. The largest absolute Gasteiger partial charge is 0.497 e. The maximum absolute atomic E-state index is 12.4. The molecule has 0 atom stereocenters. The van der Waals surface area contributed by atoms with Gasteiger partial charge in [-0.25, -0.2) is 4.98 Å². The Labute approximate surface area is 140 Å². The van der Waals surface area contributed by atoms with Crippen LogP contribution >= 0.6 is 0 Å². The quantitative estimate of drug-likeness (QED) is 0.764. The van der Waals surface area contributed by atoms with Crippen LogP contribution in [0.3, 0.4) is 0 Å². The number of ether oxygens (including phenoxy) is 1. The summed E-state index contributed by atoms with van der Waals surface area (Å²) < 4.78 is 48.0. The summed E-state index contributed by atoms with van der Waals surface area (Å²) in [4.78, 5) is 15.4. The van der Waals surface area contributed by atoms with E-state index in [-0.39, 0.29) is 5.69 Å². The Morgan fingerprint density at radius 3 is 2.68 bits per heavy atom. The van der Waals surface area contributed by atoms with Crippen molar-refractivity contribution in [3.8, 4) is 17.2 Å². The van der Waals surface area contributed by atoms with Crippen molar-refractivity contribution in [1.29, 1.82) is 0 Å². The summed E-state index contributed by atoms with van der Waals surface area (Å²) in [6.07, 6.45) is -4.96. The Morgan fingerprint density at radius 1 is 1.24 bits per heavy atom. The van der Waals surface area contributed by atoms with Gasteiger partial charge in [0.25, 0.3) is 0 Å². The van der Waals surface area contributed by atoms with E-state index in [2.05, 4.69) is 4.98 Å². The molecule has 0 spiro atoms. The number of alkyl halides is 3. The number of nitrogens with zero attached hydrogens (tertiary/aromatic N) is 1. The first-order valence-electron chi connectivity index (χ1n) is 7.21. The zero-order valence-electron chi connectivity index (χ0n) is 13.3. The standard InChI is InChI=1S/C17H13F3N2O3/c1-9-6-11(21-16(23)17(18,19)20)8-13-14(9)25-15(22-13)10-4-3-5-12(7-10)24-2/h3-8H,1-2H3,(H,21,23). The number of carbonyl (C=O) groups is 1. The number of carbonyl (C=O) groups excluding carboxylic acids is 1. The number of methoxy groups -OCH3 is 1. The van der Waals surface area contributed by atoms with Gasteiger partial charge in [-0.2, -0.15) is 13.2 Å². The summed E-state index contributed by atoms with van der Waals surface area (Å²) in [6.45, 7) is 1.66. The third-order valence-corrected chi connectivity index (χ3v) is 3.51. The molecule has 25 heavy (non-hydrogen) atoms. The van der Waals surface area contributed by atoms with E-state index in [4.69, 9.17) is 9.15 Å². The SMILES string of the molecule is COc1cccc(-c2nc3cc(NC(=O)C(F)(F)F)cc(C)c3o2)c1. The van der Waals surface area contributed by atoms with E-state index in [9.17, 15) is 18.0 Å². The van der Waals surface area contributed by atoms with Gasteiger partial charge in [0, 0.05) is 11.3 Å². The first-order chi connectivity index (χ1) is 11.8. The van der Waals surface area contributed by atoms with Gasteiger partial charge in [0.15, 0.2) is 5.58 Å². The average molecular weight is 350 g/mol. The number of halogens is 3. The zero-order chi connectivity index (χ0) is 18.2. The zero-order valence-corrected chi connectivity index (χ0v) is 13.3. The van der Waals surface area contributed by atoms with Crippen molar-refractivity contribution in [1.82, 2.24) is 4.98 Å². The number of fused-ring (bicyclic) bond motifs is 1. The number of hydrogen-bond acceptors (Lipinski definition) is 4. The van der Waals surface area contributed by atoms with Gasteiger partial charge in [-0.3, -0.25) is 4.79 Å². The maximum Gasteiger partial charge on any atom is 0.471 e. The van der Waals surface area contributed by atoms with E-state index in [1.54, 1.807) is 31.2 Å². The highest BCUT2D eigenvalue weighted by Gasteiger charge is 2.38. The molecule has 0 aliphatic heterocycles. The van der Waals surface area contributed by atoms with Crippen LogP contribution < -0.4 is 10.1 Å². The second kappa shape index (κ2) is 6.12. The molecule has 0 bridgehead atoms. The second-order valence-electron chi connectivity index (χ2n) is 5.34. The van der Waals surface area contributed by atoms with E-state index in [0.29, 0.717) is 33.9 Å². The molecule has 0 fully saturated rings. The Hall–Kier alpha value is -3.03. The molecule has 3 aromatic rings. The topological polar surface area (TPSA) is 64.4 Å². The maximum atomic E-state index is 12.4. The lowest BCUT2D eigenvalue weighted by Gasteiger charge is -2.08. The van der Waals surface area contributed by atoms with Crippen LogP contribution in [0, 0.1) is 6.92 Å². The van der Waals surface area contributed by atoms with E-state index in [0.717, 1.165) is 0 Å². The third kappa shape index (κ3) is 3.42. The lowest BCUT2D eigenvalue weighted by atomic mass is 10.2. The van der Waals surface area contributed by atoms with Gasteiger partial charge < -0.3 is 14.5 Å². The molecule has 2 aromatic carbocycles. The van der Waals surface area contributed by atoms with Crippen molar-refractivity contribution >= 4 is 22.7 Å². The molecule has 5 nitrogen and oxygen atoms in total. The van der Waals surface area contributed by atoms with Gasteiger partial charge in [0.05, 0.1) is 7.11 Å². The Balaban J connectivity index is 2.00. The second-order valence-corrected chi connectivity index (χ2v) is 5.34. The first kappa shape index (κ1) is 16.8. The van der Waals surface area contributed by atoms with Gasteiger partial charge >= 0.3 is 12.1 Å². The number of anilines is 1. The number of benzene rings is 2. The van der Waals surface area contributed by atoms with Gasteiger partial charge in [-0.1, -0.05) is 6.07 Å². The Bertz CT molecular complexity index is 948. The minimum absolute atomic E-state index is 0.00202. The summed E-state index contributed by atoms with van der Waals surface area (Å²) in [5.74, 6) is -1.12. The number of rotatable bonds is 3. The first-order valence-corrected chi connectivity index (χ1v) is 7.21. The van der Waals surface area contributed by atoms with E-state index < -0.39 is 12.1 Å². The minimum Gasteiger partial charge on any atom is -0.497 e.